The van der Waals surface area contributed by atoms with Gasteiger partial charge in [-0.3, -0.25) is 4.79 Å². The highest BCUT2D eigenvalue weighted by atomic mass is 16.5. The highest BCUT2D eigenvalue weighted by molar-refractivity contribution is 5.80. The predicted molar refractivity (Wildman–Crippen MR) is 106 cm³/mol. The van der Waals surface area contributed by atoms with Gasteiger partial charge in [0.15, 0.2) is 0 Å². The highest BCUT2D eigenvalue weighted by Gasteiger charge is 2.47. The minimum absolute atomic E-state index is 0.0261. The average Bonchev–Trinajstić information content (AvgIpc) is 3.52. The molecule has 2 saturated carbocycles. The van der Waals surface area contributed by atoms with Crippen molar-refractivity contribution in [1.82, 2.24) is 4.90 Å². The van der Waals surface area contributed by atoms with Gasteiger partial charge in [-0.05, 0) is 74.0 Å². The number of aliphatic hydroxyl groups is 1. The first-order chi connectivity index (χ1) is 13.1. The third-order valence-electron chi connectivity index (χ3n) is 7.22. The Morgan fingerprint density at radius 2 is 1.93 bits per heavy atom. The van der Waals surface area contributed by atoms with Crippen LogP contribution in [-0.4, -0.2) is 42.7 Å². The lowest BCUT2D eigenvalue weighted by atomic mass is 9.64. The van der Waals surface area contributed by atoms with Crippen molar-refractivity contribution in [2.45, 2.75) is 63.7 Å². The van der Waals surface area contributed by atoms with Crippen LogP contribution in [0.4, 0.5) is 0 Å². The molecule has 0 aromatic heterocycles. The second-order valence-corrected chi connectivity index (χ2v) is 9.03. The molecule has 3 aliphatic rings. The standard InChI is InChI=1S/C23H33NO3/c1-3-16(13-25)22(26)24-14-23(15-24)10-8-17(9-11-23)19-6-7-21(27-2)20(12-19)18-4-5-18/h6-7,12,16-18,25H,3-5,8-11,13-15H2,1-2H3/t16-/m1/s1. The third kappa shape index (κ3) is 3.61. The van der Waals surface area contributed by atoms with Gasteiger partial charge in [0.2, 0.25) is 5.91 Å². The van der Waals surface area contributed by atoms with E-state index in [9.17, 15) is 9.90 Å². The van der Waals surface area contributed by atoms with Crippen molar-refractivity contribution in [3.8, 4) is 5.75 Å². The molecule has 27 heavy (non-hydrogen) atoms. The Balaban J connectivity index is 1.35. The average molecular weight is 372 g/mol. The summed E-state index contributed by atoms with van der Waals surface area (Å²) in [7, 11) is 1.77. The van der Waals surface area contributed by atoms with Crippen LogP contribution in [0, 0.1) is 11.3 Å². The Bertz CT molecular complexity index is 677. The molecule has 0 radical (unpaired) electrons. The maximum absolute atomic E-state index is 12.4. The molecule has 3 fully saturated rings. The summed E-state index contributed by atoms with van der Waals surface area (Å²) in [6, 6.07) is 6.83. The van der Waals surface area contributed by atoms with Crippen molar-refractivity contribution in [3.63, 3.8) is 0 Å². The Hall–Kier alpha value is -1.55. The molecule has 1 amide bonds. The number of carbonyl (C=O) groups excluding carboxylic acids is 1. The number of nitrogens with zero attached hydrogens (tertiary/aromatic N) is 1. The van der Waals surface area contributed by atoms with E-state index in [1.165, 1.54) is 49.7 Å². The molecule has 0 unspecified atom stereocenters. The Morgan fingerprint density at radius 3 is 2.48 bits per heavy atom. The SMILES string of the molecule is CC[C@H](CO)C(=O)N1CC2(CCC(c3ccc(OC)c(C4CC4)c3)CC2)C1. The minimum atomic E-state index is -0.209. The minimum Gasteiger partial charge on any atom is -0.496 e. The van der Waals surface area contributed by atoms with Gasteiger partial charge in [0.25, 0.3) is 0 Å². The molecule has 1 atom stereocenters. The molecule has 1 N–H and O–H groups in total. The van der Waals surface area contributed by atoms with E-state index >= 15 is 0 Å². The van der Waals surface area contributed by atoms with E-state index in [4.69, 9.17) is 4.74 Å². The van der Waals surface area contributed by atoms with Crippen LogP contribution in [0.15, 0.2) is 18.2 Å². The molecule has 1 aromatic carbocycles. The lowest BCUT2D eigenvalue weighted by Gasteiger charge is -2.54. The van der Waals surface area contributed by atoms with Crippen molar-refractivity contribution in [1.29, 1.82) is 0 Å². The van der Waals surface area contributed by atoms with Crippen LogP contribution in [-0.2, 0) is 4.79 Å². The second-order valence-electron chi connectivity index (χ2n) is 9.03. The number of benzene rings is 1. The van der Waals surface area contributed by atoms with Gasteiger partial charge < -0.3 is 14.7 Å². The van der Waals surface area contributed by atoms with Crippen molar-refractivity contribution < 1.29 is 14.6 Å². The topological polar surface area (TPSA) is 49.8 Å². The van der Waals surface area contributed by atoms with Gasteiger partial charge in [-0.25, -0.2) is 0 Å². The van der Waals surface area contributed by atoms with Gasteiger partial charge in [-0.15, -0.1) is 0 Å². The smallest absolute Gasteiger partial charge is 0.228 e. The normalized spacial score (nSPS) is 23.1. The summed E-state index contributed by atoms with van der Waals surface area (Å²) in [6.07, 6.45) is 8.17. The third-order valence-corrected chi connectivity index (χ3v) is 7.22. The zero-order valence-electron chi connectivity index (χ0n) is 16.7. The van der Waals surface area contributed by atoms with Gasteiger partial charge in [0.1, 0.15) is 5.75 Å². The Labute approximate surface area is 162 Å². The molecular formula is C23H33NO3. The predicted octanol–water partition coefficient (Wildman–Crippen LogP) is 4.08. The maximum atomic E-state index is 12.4. The van der Waals surface area contributed by atoms with Crippen LogP contribution in [0.2, 0.25) is 0 Å². The van der Waals surface area contributed by atoms with Crippen LogP contribution in [0.1, 0.15) is 74.8 Å². The number of ether oxygens (including phenoxy) is 1. The number of carbonyl (C=O) groups is 1. The summed E-state index contributed by atoms with van der Waals surface area (Å²) in [5.74, 6) is 2.34. The zero-order valence-corrected chi connectivity index (χ0v) is 16.7. The molecule has 148 valence electrons. The summed E-state index contributed by atoms with van der Waals surface area (Å²) < 4.78 is 5.57. The van der Waals surface area contributed by atoms with Gasteiger partial charge in [-0.2, -0.15) is 0 Å². The van der Waals surface area contributed by atoms with E-state index in [1.54, 1.807) is 7.11 Å². The molecule has 1 saturated heterocycles. The summed E-state index contributed by atoms with van der Waals surface area (Å²) in [5.41, 5.74) is 3.22. The molecule has 2 aliphatic carbocycles. The zero-order chi connectivity index (χ0) is 19.0. The summed E-state index contributed by atoms with van der Waals surface area (Å²) >= 11 is 0. The van der Waals surface area contributed by atoms with Gasteiger partial charge in [0.05, 0.1) is 19.6 Å². The molecule has 4 heteroatoms. The number of rotatable bonds is 6. The van der Waals surface area contributed by atoms with Crippen LogP contribution >= 0.6 is 0 Å². The first-order valence-electron chi connectivity index (χ1n) is 10.7. The lowest BCUT2D eigenvalue weighted by molar-refractivity contribution is -0.151. The molecule has 1 spiro atoms. The summed E-state index contributed by atoms with van der Waals surface area (Å²) in [4.78, 5) is 14.4. The van der Waals surface area contributed by atoms with Gasteiger partial charge in [-0.1, -0.05) is 19.1 Å². The van der Waals surface area contributed by atoms with E-state index in [0.717, 1.165) is 25.3 Å². The van der Waals surface area contributed by atoms with E-state index in [-0.39, 0.29) is 18.4 Å². The highest BCUT2D eigenvalue weighted by Crippen LogP contribution is 2.50. The van der Waals surface area contributed by atoms with Gasteiger partial charge in [0, 0.05) is 18.5 Å². The monoisotopic (exact) mass is 371 g/mol. The van der Waals surface area contributed by atoms with E-state index in [1.807, 2.05) is 11.8 Å². The number of methoxy groups -OCH3 is 1. The number of hydrogen-bond acceptors (Lipinski definition) is 3. The molecule has 0 bridgehead atoms. The second kappa shape index (κ2) is 7.46. The van der Waals surface area contributed by atoms with Crippen molar-refractivity contribution in [3.05, 3.63) is 29.3 Å². The molecular weight excluding hydrogens is 338 g/mol. The molecule has 1 heterocycles. The van der Waals surface area contributed by atoms with Crippen LogP contribution in [0.25, 0.3) is 0 Å². The quantitative estimate of drug-likeness (QED) is 0.820. The van der Waals surface area contributed by atoms with Crippen molar-refractivity contribution in [2.75, 3.05) is 26.8 Å². The fraction of sp³-hybridized carbons (Fsp3) is 0.696. The summed E-state index contributed by atoms with van der Waals surface area (Å²) in [5, 5.41) is 9.37. The Kier molecular flexibility index (Phi) is 5.19. The number of likely N-dealkylation sites (tertiary alicyclic amines) is 1. The summed E-state index contributed by atoms with van der Waals surface area (Å²) in [6.45, 7) is 3.74. The molecule has 1 aliphatic heterocycles. The molecule has 4 rings (SSSR count). The molecule has 1 aromatic rings. The van der Waals surface area contributed by atoms with Crippen LogP contribution in [0.3, 0.4) is 0 Å². The van der Waals surface area contributed by atoms with Gasteiger partial charge >= 0.3 is 0 Å². The van der Waals surface area contributed by atoms with Crippen LogP contribution in [0.5, 0.6) is 5.75 Å². The first-order valence-corrected chi connectivity index (χ1v) is 10.7. The molecule has 4 nitrogen and oxygen atoms in total. The van der Waals surface area contributed by atoms with Crippen molar-refractivity contribution in [2.24, 2.45) is 11.3 Å². The number of amides is 1. The van der Waals surface area contributed by atoms with E-state index < -0.39 is 0 Å². The largest absolute Gasteiger partial charge is 0.496 e. The first kappa shape index (κ1) is 18.8. The number of aliphatic hydroxyl groups excluding tert-OH is 1. The lowest BCUT2D eigenvalue weighted by Crippen LogP contribution is -2.60. The Morgan fingerprint density at radius 1 is 1.22 bits per heavy atom. The van der Waals surface area contributed by atoms with Crippen LogP contribution < -0.4 is 4.74 Å². The fourth-order valence-electron chi connectivity index (χ4n) is 5.16. The fourth-order valence-corrected chi connectivity index (χ4v) is 5.16. The van der Waals surface area contributed by atoms with Crippen molar-refractivity contribution >= 4 is 5.91 Å². The maximum Gasteiger partial charge on any atom is 0.228 e. The van der Waals surface area contributed by atoms with E-state index in [0.29, 0.717) is 17.3 Å². The van der Waals surface area contributed by atoms with E-state index in [2.05, 4.69) is 18.2 Å². The number of hydrogen-bond donors (Lipinski definition) is 1.